The van der Waals surface area contributed by atoms with Crippen LogP contribution in [-0.4, -0.2) is 39.9 Å². The van der Waals surface area contributed by atoms with Crippen LogP contribution in [0.5, 0.6) is 5.75 Å². The first-order valence-electron chi connectivity index (χ1n) is 9.89. The fourth-order valence-corrected chi connectivity index (χ4v) is 4.45. The molecule has 30 heavy (non-hydrogen) atoms. The SMILES string of the molecule is CCOc1ccc(C2CCCN2C(=O)CSc2nnc(-c3ccccc3Cl)o2)cc1. The normalized spacial score (nSPS) is 16.1. The molecule has 0 spiro atoms. The molecule has 0 aliphatic carbocycles. The van der Waals surface area contributed by atoms with E-state index in [1.165, 1.54) is 11.8 Å². The summed E-state index contributed by atoms with van der Waals surface area (Å²) in [5, 5.41) is 8.99. The number of aromatic nitrogens is 2. The zero-order valence-electron chi connectivity index (χ0n) is 16.6. The van der Waals surface area contributed by atoms with E-state index >= 15 is 0 Å². The fraction of sp³-hybridized carbons (Fsp3) is 0.318. The minimum absolute atomic E-state index is 0.0638. The topological polar surface area (TPSA) is 68.5 Å². The van der Waals surface area contributed by atoms with E-state index < -0.39 is 0 Å². The van der Waals surface area contributed by atoms with E-state index in [1.54, 1.807) is 6.07 Å². The van der Waals surface area contributed by atoms with Crippen molar-refractivity contribution in [2.45, 2.75) is 31.0 Å². The molecule has 4 rings (SSSR count). The molecule has 0 saturated carbocycles. The number of ether oxygens (including phenoxy) is 1. The Morgan fingerprint density at radius 2 is 2.03 bits per heavy atom. The molecular formula is C22H22ClN3O3S. The van der Waals surface area contributed by atoms with E-state index in [4.69, 9.17) is 20.8 Å². The zero-order valence-corrected chi connectivity index (χ0v) is 18.2. The van der Waals surface area contributed by atoms with E-state index in [0.29, 0.717) is 28.3 Å². The number of benzene rings is 2. The molecule has 1 aliphatic heterocycles. The average molecular weight is 444 g/mol. The molecule has 1 atom stereocenters. The Morgan fingerprint density at radius 3 is 2.80 bits per heavy atom. The number of likely N-dealkylation sites (tertiary alicyclic amines) is 1. The first kappa shape index (κ1) is 20.8. The third-order valence-corrected chi connectivity index (χ3v) is 6.11. The number of carbonyl (C=O) groups is 1. The number of nitrogens with zero attached hydrogens (tertiary/aromatic N) is 3. The van der Waals surface area contributed by atoms with Crippen molar-refractivity contribution >= 4 is 29.3 Å². The molecular weight excluding hydrogens is 422 g/mol. The number of rotatable bonds is 7. The van der Waals surface area contributed by atoms with Crippen molar-refractivity contribution in [3.05, 3.63) is 59.1 Å². The standard InChI is InChI=1S/C22H22ClN3O3S/c1-2-28-16-11-9-15(10-12-16)19-8-5-13-26(19)20(27)14-30-22-25-24-21(29-22)17-6-3-4-7-18(17)23/h3-4,6-7,9-12,19H,2,5,8,13-14H2,1H3. The van der Waals surface area contributed by atoms with Crippen LogP contribution in [-0.2, 0) is 4.79 Å². The molecule has 0 radical (unpaired) electrons. The minimum atomic E-state index is 0.0638. The molecule has 1 fully saturated rings. The lowest BCUT2D eigenvalue weighted by molar-refractivity contribution is -0.129. The lowest BCUT2D eigenvalue weighted by Gasteiger charge is -2.25. The van der Waals surface area contributed by atoms with Gasteiger partial charge in [0.15, 0.2) is 0 Å². The Kier molecular flexibility index (Phi) is 6.59. The summed E-state index contributed by atoms with van der Waals surface area (Å²) >= 11 is 7.43. The maximum atomic E-state index is 12.9. The van der Waals surface area contributed by atoms with E-state index in [2.05, 4.69) is 10.2 Å². The van der Waals surface area contributed by atoms with Gasteiger partial charge in [-0.1, -0.05) is 47.6 Å². The largest absolute Gasteiger partial charge is 0.494 e. The number of hydrogen-bond acceptors (Lipinski definition) is 6. The van der Waals surface area contributed by atoms with Crippen molar-refractivity contribution in [2.24, 2.45) is 0 Å². The molecule has 1 aromatic heterocycles. The highest BCUT2D eigenvalue weighted by molar-refractivity contribution is 7.99. The van der Waals surface area contributed by atoms with Gasteiger partial charge in [0.1, 0.15) is 5.75 Å². The lowest BCUT2D eigenvalue weighted by atomic mass is 10.0. The predicted molar refractivity (Wildman–Crippen MR) is 117 cm³/mol. The highest BCUT2D eigenvalue weighted by Crippen LogP contribution is 2.34. The van der Waals surface area contributed by atoms with Crippen LogP contribution in [0.1, 0.15) is 31.4 Å². The Morgan fingerprint density at radius 1 is 1.23 bits per heavy atom. The molecule has 1 unspecified atom stereocenters. The number of carbonyl (C=O) groups excluding carboxylic acids is 1. The second-order valence-electron chi connectivity index (χ2n) is 6.89. The highest BCUT2D eigenvalue weighted by Gasteiger charge is 2.30. The summed E-state index contributed by atoms with van der Waals surface area (Å²) in [4.78, 5) is 14.8. The van der Waals surface area contributed by atoms with Gasteiger partial charge in [-0.25, -0.2) is 0 Å². The summed E-state index contributed by atoms with van der Waals surface area (Å²) in [6.07, 6.45) is 1.95. The van der Waals surface area contributed by atoms with Gasteiger partial charge in [0.2, 0.25) is 11.8 Å². The first-order valence-corrected chi connectivity index (χ1v) is 11.3. The summed E-state index contributed by atoms with van der Waals surface area (Å²) in [7, 11) is 0. The van der Waals surface area contributed by atoms with Gasteiger partial charge in [-0.3, -0.25) is 4.79 Å². The van der Waals surface area contributed by atoms with Crippen molar-refractivity contribution in [1.82, 2.24) is 15.1 Å². The molecule has 2 aromatic carbocycles. The van der Waals surface area contributed by atoms with Gasteiger partial charge in [-0.15, -0.1) is 10.2 Å². The van der Waals surface area contributed by atoms with Gasteiger partial charge in [0, 0.05) is 6.54 Å². The first-order chi connectivity index (χ1) is 14.7. The van der Waals surface area contributed by atoms with Crippen LogP contribution in [0.3, 0.4) is 0 Å². The summed E-state index contributed by atoms with van der Waals surface area (Å²) in [5.41, 5.74) is 1.81. The lowest BCUT2D eigenvalue weighted by Crippen LogP contribution is -2.31. The average Bonchev–Trinajstić information content (AvgIpc) is 3.43. The molecule has 1 aliphatic rings. The summed E-state index contributed by atoms with van der Waals surface area (Å²) in [6.45, 7) is 3.36. The summed E-state index contributed by atoms with van der Waals surface area (Å²) < 4.78 is 11.2. The van der Waals surface area contributed by atoms with Gasteiger partial charge in [-0.05, 0) is 49.6 Å². The quantitative estimate of drug-likeness (QED) is 0.465. The van der Waals surface area contributed by atoms with E-state index in [0.717, 1.165) is 30.7 Å². The van der Waals surface area contributed by atoms with Crippen molar-refractivity contribution < 1.29 is 13.9 Å². The maximum absolute atomic E-state index is 12.9. The zero-order chi connectivity index (χ0) is 20.9. The van der Waals surface area contributed by atoms with E-state index in [9.17, 15) is 4.79 Å². The monoisotopic (exact) mass is 443 g/mol. The van der Waals surface area contributed by atoms with Crippen LogP contribution in [0.4, 0.5) is 0 Å². The number of hydrogen-bond donors (Lipinski definition) is 0. The van der Waals surface area contributed by atoms with Crippen LogP contribution < -0.4 is 4.74 Å². The molecule has 8 heteroatoms. The smallest absolute Gasteiger partial charge is 0.277 e. The highest BCUT2D eigenvalue weighted by atomic mass is 35.5. The molecule has 2 heterocycles. The third-order valence-electron chi connectivity index (χ3n) is 4.98. The van der Waals surface area contributed by atoms with Gasteiger partial charge < -0.3 is 14.1 Å². The third kappa shape index (κ3) is 4.63. The Labute approximate surface area is 184 Å². The number of halogens is 1. The predicted octanol–water partition coefficient (Wildman–Crippen LogP) is 5.24. The molecule has 1 saturated heterocycles. The van der Waals surface area contributed by atoms with Gasteiger partial charge >= 0.3 is 0 Å². The van der Waals surface area contributed by atoms with Crippen molar-refractivity contribution in [3.8, 4) is 17.2 Å². The minimum Gasteiger partial charge on any atom is -0.494 e. The van der Waals surface area contributed by atoms with E-state index in [-0.39, 0.29) is 17.7 Å². The Bertz CT molecular complexity index is 1010. The van der Waals surface area contributed by atoms with Crippen molar-refractivity contribution in [2.75, 3.05) is 18.9 Å². The molecule has 156 valence electrons. The Balaban J connectivity index is 1.38. The van der Waals surface area contributed by atoms with Crippen LogP contribution >= 0.6 is 23.4 Å². The second kappa shape index (κ2) is 9.53. The fourth-order valence-electron chi connectivity index (χ4n) is 3.58. The molecule has 0 bridgehead atoms. The molecule has 0 N–H and O–H groups in total. The van der Waals surface area contributed by atoms with Crippen LogP contribution in [0.25, 0.3) is 11.5 Å². The van der Waals surface area contributed by atoms with Gasteiger partial charge in [-0.2, -0.15) is 0 Å². The van der Waals surface area contributed by atoms with E-state index in [1.807, 2.05) is 54.3 Å². The number of amides is 1. The van der Waals surface area contributed by atoms with Crippen molar-refractivity contribution in [1.29, 1.82) is 0 Å². The maximum Gasteiger partial charge on any atom is 0.277 e. The summed E-state index contributed by atoms with van der Waals surface area (Å²) in [5.74, 6) is 1.51. The van der Waals surface area contributed by atoms with Crippen LogP contribution in [0, 0.1) is 0 Å². The van der Waals surface area contributed by atoms with Crippen LogP contribution in [0.15, 0.2) is 58.2 Å². The Hall–Kier alpha value is -2.51. The van der Waals surface area contributed by atoms with Gasteiger partial charge in [0.25, 0.3) is 5.22 Å². The number of thioether (sulfide) groups is 1. The summed E-state index contributed by atoms with van der Waals surface area (Å²) in [6, 6.07) is 15.4. The van der Waals surface area contributed by atoms with Crippen molar-refractivity contribution in [3.63, 3.8) is 0 Å². The van der Waals surface area contributed by atoms with Crippen LogP contribution in [0.2, 0.25) is 5.02 Å². The van der Waals surface area contributed by atoms with Gasteiger partial charge in [0.05, 0.1) is 29.0 Å². The molecule has 1 amide bonds. The second-order valence-corrected chi connectivity index (χ2v) is 8.22. The molecule has 3 aromatic rings. The molecule has 6 nitrogen and oxygen atoms in total.